The van der Waals surface area contributed by atoms with E-state index in [1.807, 2.05) is 24.3 Å². The maximum absolute atomic E-state index is 10.8. The Labute approximate surface area is 59.0 Å². The molecule has 1 aliphatic rings. The second kappa shape index (κ2) is 2.83. The molecule has 0 amide bonds. The van der Waals surface area contributed by atoms with Crippen LogP contribution in [0.25, 0.3) is 0 Å². The molecule has 0 aliphatic heterocycles. The molecule has 2 heteroatoms. The summed E-state index contributed by atoms with van der Waals surface area (Å²) in [7, 11) is 0. The largest absolute Gasteiger partial charge is 0.297 e. The van der Waals surface area contributed by atoms with Crippen LogP contribution in [0.3, 0.4) is 0 Å². The molecule has 0 saturated carbocycles. The first-order chi connectivity index (χ1) is 4.34. The number of carbonyl (C=O) groups is 1. The molecule has 0 atom stereocenters. The Bertz CT molecular complexity index is 158. The summed E-state index contributed by atoms with van der Waals surface area (Å²) in [5.74, 6) is 0.128. The van der Waals surface area contributed by atoms with E-state index >= 15 is 0 Å². The molecule has 0 radical (unpaired) electrons. The predicted octanol–water partition coefficient (Wildman–Crippen LogP) is 1.54. The van der Waals surface area contributed by atoms with Gasteiger partial charge in [0.1, 0.15) is 0 Å². The number of halogens is 1. The van der Waals surface area contributed by atoms with E-state index in [1.165, 1.54) is 0 Å². The SMILES string of the molecule is O=C(CCl)C1C=CC=C1. The minimum absolute atomic E-state index is 0.0532. The quantitative estimate of drug-likeness (QED) is 0.535. The van der Waals surface area contributed by atoms with Gasteiger partial charge < -0.3 is 0 Å². The zero-order valence-corrected chi connectivity index (χ0v) is 5.64. The zero-order chi connectivity index (χ0) is 6.69. The second-order valence-corrected chi connectivity index (χ2v) is 2.16. The molecule has 0 bridgehead atoms. The van der Waals surface area contributed by atoms with Crippen LogP contribution in [0.1, 0.15) is 0 Å². The number of carbonyl (C=O) groups excluding carboxylic acids is 1. The molecule has 0 aromatic carbocycles. The third kappa shape index (κ3) is 1.42. The van der Waals surface area contributed by atoms with E-state index in [9.17, 15) is 4.79 Å². The van der Waals surface area contributed by atoms with Crippen molar-refractivity contribution in [3.8, 4) is 0 Å². The highest BCUT2D eigenvalue weighted by Gasteiger charge is 2.11. The average Bonchev–Trinajstić information content (AvgIpc) is 2.37. The lowest BCUT2D eigenvalue weighted by atomic mass is 10.1. The fraction of sp³-hybridized carbons (Fsp3) is 0.286. The van der Waals surface area contributed by atoms with Gasteiger partial charge in [-0.25, -0.2) is 0 Å². The number of alkyl halides is 1. The summed E-state index contributed by atoms with van der Waals surface area (Å²) >= 11 is 5.31. The van der Waals surface area contributed by atoms with Crippen LogP contribution in [0.5, 0.6) is 0 Å². The number of hydrogen-bond acceptors (Lipinski definition) is 1. The highest BCUT2D eigenvalue weighted by Crippen LogP contribution is 2.09. The Balaban J connectivity index is 2.53. The van der Waals surface area contributed by atoms with Gasteiger partial charge in [0.2, 0.25) is 0 Å². The summed E-state index contributed by atoms with van der Waals surface area (Å²) in [5, 5.41) is 0. The van der Waals surface area contributed by atoms with Crippen molar-refractivity contribution < 1.29 is 4.79 Å². The molecule has 9 heavy (non-hydrogen) atoms. The number of Topliss-reactive ketones (excluding diaryl/α,β-unsaturated/α-hetero) is 1. The smallest absolute Gasteiger partial charge is 0.158 e. The molecular formula is C7H7ClO. The Morgan fingerprint density at radius 1 is 1.44 bits per heavy atom. The third-order valence-electron chi connectivity index (χ3n) is 1.25. The van der Waals surface area contributed by atoms with Gasteiger partial charge in [0.15, 0.2) is 5.78 Å². The molecule has 0 heterocycles. The van der Waals surface area contributed by atoms with Crippen molar-refractivity contribution in [2.45, 2.75) is 0 Å². The highest BCUT2D eigenvalue weighted by molar-refractivity contribution is 6.28. The fourth-order valence-electron chi connectivity index (χ4n) is 0.736. The Hall–Kier alpha value is -0.560. The molecule has 0 aromatic heterocycles. The summed E-state index contributed by atoms with van der Waals surface area (Å²) in [6.45, 7) is 0. The average molecular weight is 143 g/mol. The van der Waals surface area contributed by atoms with Gasteiger partial charge in [-0.3, -0.25) is 4.79 Å². The van der Waals surface area contributed by atoms with Gasteiger partial charge in [-0.2, -0.15) is 0 Å². The zero-order valence-electron chi connectivity index (χ0n) is 4.88. The van der Waals surface area contributed by atoms with Crippen molar-refractivity contribution in [1.82, 2.24) is 0 Å². The first-order valence-corrected chi connectivity index (χ1v) is 3.31. The van der Waals surface area contributed by atoms with E-state index in [4.69, 9.17) is 11.6 Å². The van der Waals surface area contributed by atoms with E-state index < -0.39 is 0 Å². The number of rotatable bonds is 2. The molecule has 0 unspecified atom stereocenters. The summed E-state index contributed by atoms with van der Waals surface area (Å²) in [4.78, 5) is 10.8. The molecule has 1 rings (SSSR count). The Morgan fingerprint density at radius 2 is 2.00 bits per heavy atom. The van der Waals surface area contributed by atoms with Gasteiger partial charge in [-0.05, 0) is 0 Å². The summed E-state index contributed by atoms with van der Waals surface area (Å²) < 4.78 is 0. The molecule has 0 N–H and O–H groups in total. The van der Waals surface area contributed by atoms with E-state index in [0.717, 1.165) is 0 Å². The van der Waals surface area contributed by atoms with E-state index in [0.29, 0.717) is 0 Å². The van der Waals surface area contributed by atoms with Crippen molar-refractivity contribution >= 4 is 17.4 Å². The maximum Gasteiger partial charge on any atom is 0.158 e. The van der Waals surface area contributed by atoms with Crippen LogP contribution in [0.4, 0.5) is 0 Å². The lowest BCUT2D eigenvalue weighted by Crippen LogP contribution is -2.08. The molecule has 1 aliphatic carbocycles. The predicted molar refractivity (Wildman–Crippen MR) is 37.5 cm³/mol. The van der Waals surface area contributed by atoms with Crippen LogP contribution in [-0.2, 0) is 4.79 Å². The van der Waals surface area contributed by atoms with Crippen LogP contribution in [0, 0.1) is 5.92 Å². The van der Waals surface area contributed by atoms with Crippen LogP contribution < -0.4 is 0 Å². The lowest BCUT2D eigenvalue weighted by molar-refractivity contribution is -0.117. The number of hydrogen-bond donors (Lipinski definition) is 0. The summed E-state index contributed by atoms with van der Waals surface area (Å²) in [6.07, 6.45) is 7.39. The number of ketones is 1. The van der Waals surface area contributed by atoms with Crippen molar-refractivity contribution in [1.29, 1.82) is 0 Å². The molecule has 0 fully saturated rings. The Morgan fingerprint density at radius 3 is 2.44 bits per heavy atom. The molecule has 1 nitrogen and oxygen atoms in total. The molecule has 0 spiro atoms. The second-order valence-electron chi connectivity index (χ2n) is 1.90. The monoisotopic (exact) mass is 142 g/mol. The molecular weight excluding hydrogens is 136 g/mol. The van der Waals surface area contributed by atoms with Gasteiger partial charge in [-0.15, -0.1) is 11.6 Å². The van der Waals surface area contributed by atoms with Gasteiger partial charge in [0.05, 0.1) is 11.8 Å². The summed E-state index contributed by atoms with van der Waals surface area (Å²) in [5.41, 5.74) is 0. The molecule has 0 saturated heterocycles. The van der Waals surface area contributed by atoms with E-state index in [1.54, 1.807) is 0 Å². The van der Waals surface area contributed by atoms with Crippen molar-refractivity contribution in [2.75, 3.05) is 5.88 Å². The first-order valence-electron chi connectivity index (χ1n) is 2.78. The highest BCUT2D eigenvalue weighted by atomic mass is 35.5. The topological polar surface area (TPSA) is 17.1 Å². The maximum atomic E-state index is 10.8. The minimum Gasteiger partial charge on any atom is -0.297 e. The van der Waals surface area contributed by atoms with Crippen LogP contribution >= 0.6 is 11.6 Å². The van der Waals surface area contributed by atoms with Crippen LogP contribution in [0.15, 0.2) is 24.3 Å². The van der Waals surface area contributed by atoms with Crippen LogP contribution in [-0.4, -0.2) is 11.7 Å². The minimum atomic E-state index is -0.0532. The van der Waals surface area contributed by atoms with E-state index in [2.05, 4.69) is 0 Å². The first kappa shape index (κ1) is 6.56. The van der Waals surface area contributed by atoms with Crippen molar-refractivity contribution in [3.63, 3.8) is 0 Å². The lowest BCUT2D eigenvalue weighted by Gasteiger charge is -1.97. The number of allylic oxidation sites excluding steroid dienone is 4. The standard InChI is InChI=1S/C7H7ClO/c8-5-7(9)6-3-1-2-4-6/h1-4,6H,5H2. The fourth-order valence-corrected chi connectivity index (χ4v) is 0.914. The Kier molecular flexibility index (Phi) is 2.06. The van der Waals surface area contributed by atoms with E-state index in [-0.39, 0.29) is 17.6 Å². The normalized spacial score (nSPS) is 17.0. The van der Waals surface area contributed by atoms with Gasteiger partial charge >= 0.3 is 0 Å². The van der Waals surface area contributed by atoms with Gasteiger partial charge in [0.25, 0.3) is 0 Å². The van der Waals surface area contributed by atoms with Crippen LogP contribution in [0.2, 0.25) is 0 Å². The molecule has 48 valence electrons. The third-order valence-corrected chi connectivity index (χ3v) is 1.51. The molecule has 0 aromatic rings. The van der Waals surface area contributed by atoms with Crippen molar-refractivity contribution in [2.24, 2.45) is 5.92 Å². The van der Waals surface area contributed by atoms with Gasteiger partial charge in [0, 0.05) is 0 Å². The van der Waals surface area contributed by atoms with Gasteiger partial charge in [-0.1, -0.05) is 24.3 Å². The summed E-state index contributed by atoms with van der Waals surface area (Å²) in [6, 6.07) is 0. The van der Waals surface area contributed by atoms with Crippen molar-refractivity contribution in [3.05, 3.63) is 24.3 Å².